The smallest absolute Gasteiger partial charge is 0.328 e. The van der Waals surface area contributed by atoms with Gasteiger partial charge in [0.2, 0.25) is 0 Å². The van der Waals surface area contributed by atoms with E-state index in [4.69, 9.17) is 5.11 Å². The van der Waals surface area contributed by atoms with Gasteiger partial charge in [-0.2, -0.15) is 0 Å². The third-order valence-electron chi connectivity index (χ3n) is 4.57. The van der Waals surface area contributed by atoms with Gasteiger partial charge in [0.15, 0.2) is 0 Å². The molecule has 1 N–H and O–H groups in total. The first kappa shape index (κ1) is 13.5. The topological polar surface area (TPSA) is 37.3 Å². The summed E-state index contributed by atoms with van der Waals surface area (Å²) in [4.78, 5) is 11.2. The van der Waals surface area contributed by atoms with Crippen LogP contribution in [-0.2, 0) is 11.2 Å². The first-order valence-corrected chi connectivity index (χ1v) is 8.34. The summed E-state index contributed by atoms with van der Waals surface area (Å²) >= 11 is 1.78. The van der Waals surface area contributed by atoms with Crippen LogP contribution < -0.4 is 0 Å². The molecule has 0 amide bonds. The van der Waals surface area contributed by atoms with Crippen LogP contribution in [0.15, 0.2) is 42.5 Å². The third-order valence-corrected chi connectivity index (χ3v) is 5.70. The lowest BCUT2D eigenvalue weighted by molar-refractivity contribution is -0.131. The molecule has 1 atom stereocenters. The molecule has 22 heavy (non-hydrogen) atoms. The van der Waals surface area contributed by atoms with E-state index >= 15 is 0 Å². The van der Waals surface area contributed by atoms with Gasteiger partial charge in [0.05, 0.1) is 0 Å². The highest BCUT2D eigenvalue weighted by Gasteiger charge is 2.22. The molecule has 0 radical (unpaired) electrons. The number of carbonyl (C=O) groups is 1. The fraction of sp³-hybridized carbons (Fsp3) is 0.211. The molecule has 4 rings (SSSR count). The Hall–Kier alpha value is -2.13. The summed E-state index contributed by atoms with van der Waals surface area (Å²) in [6.07, 6.45) is 3.43. The van der Waals surface area contributed by atoms with Gasteiger partial charge in [-0.05, 0) is 53.7 Å². The molecular weight excluding hydrogens is 292 g/mol. The van der Waals surface area contributed by atoms with E-state index in [0.29, 0.717) is 5.92 Å². The number of thiophene rings is 1. The molecule has 1 heterocycles. The molecule has 0 spiro atoms. The first-order chi connectivity index (χ1) is 10.6. The molecule has 0 saturated carbocycles. The van der Waals surface area contributed by atoms with Gasteiger partial charge in [0, 0.05) is 26.2 Å². The van der Waals surface area contributed by atoms with Crippen molar-refractivity contribution in [3.05, 3.63) is 53.6 Å². The number of hydrogen-bond donors (Lipinski definition) is 1. The molecule has 1 aliphatic carbocycles. The molecule has 1 aliphatic rings. The Morgan fingerprint density at radius 2 is 2.05 bits per heavy atom. The number of aryl methyl sites for hydroxylation is 1. The molecule has 0 bridgehead atoms. The van der Waals surface area contributed by atoms with E-state index in [1.807, 2.05) is 0 Å². The molecule has 3 aromatic rings. The highest BCUT2D eigenvalue weighted by Crippen LogP contribution is 2.41. The first-order valence-electron chi connectivity index (χ1n) is 7.52. The molecule has 0 aliphatic heterocycles. The summed E-state index contributed by atoms with van der Waals surface area (Å²) in [6, 6.07) is 12.9. The van der Waals surface area contributed by atoms with E-state index in [2.05, 4.69) is 43.3 Å². The van der Waals surface area contributed by atoms with Gasteiger partial charge in [0.25, 0.3) is 0 Å². The maximum atomic E-state index is 11.2. The van der Waals surface area contributed by atoms with E-state index < -0.39 is 5.97 Å². The number of aliphatic carboxylic acids is 1. The number of hydrogen-bond acceptors (Lipinski definition) is 2. The van der Waals surface area contributed by atoms with E-state index in [-0.39, 0.29) is 0 Å². The van der Waals surface area contributed by atoms with Crippen molar-refractivity contribution in [2.24, 2.45) is 5.92 Å². The van der Waals surface area contributed by atoms with Crippen LogP contribution in [0.25, 0.3) is 25.7 Å². The maximum absolute atomic E-state index is 11.2. The number of carboxylic acids is 1. The zero-order valence-corrected chi connectivity index (χ0v) is 13.1. The number of carboxylic acid groups (broad SMARTS) is 1. The zero-order valence-electron chi connectivity index (χ0n) is 12.3. The average molecular weight is 308 g/mol. The summed E-state index contributed by atoms with van der Waals surface area (Å²) in [5, 5.41) is 11.8. The number of allylic oxidation sites excluding steroid dienone is 1. The average Bonchev–Trinajstić information content (AvgIpc) is 2.86. The fourth-order valence-corrected chi connectivity index (χ4v) is 4.56. The van der Waals surface area contributed by atoms with E-state index in [9.17, 15) is 4.79 Å². The molecule has 2 aromatic carbocycles. The molecule has 1 aromatic heterocycles. The minimum Gasteiger partial charge on any atom is -0.478 e. The minimum atomic E-state index is -0.855. The van der Waals surface area contributed by atoms with Crippen molar-refractivity contribution in [2.75, 3.05) is 0 Å². The van der Waals surface area contributed by atoms with Gasteiger partial charge in [-0.1, -0.05) is 25.1 Å². The van der Waals surface area contributed by atoms with Gasteiger partial charge >= 0.3 is 5.97 Å². The van der Waals surface area contributed by atoms with Crippen molar-refractivity contribution in [3.63, 3.8) is 0 Å². The third kappa shape index (κ3) is 2.04. The Bertz CT molecular complexity index is 933. The van der Waals surface area contributed by atoms with Gasteiger partial charge in [-0.3, -0.25) is 0 Å². The Labute approximate surface area is 132 Å². The molecule has 1 unspecified atom stereocenters. The van der Waals surface area contributed by atoms with E-state index in [1.165, 1.54) is 31.8 Å². The van der Waals surface area contributed by atoms with Crippen molar-refractivity contribution in [3.8, 4) is 0 Å². The van der Waals surface area contributed by atoms with Crippen molar-refractivity contribution >= 4 is 43.1 Å². The minimum absolute atomic E-state index is 0.301. The summed E-state index contributed by atoms with van der Waals surface area (Å²) in [5.41, 5.74) is 3.37. The lowest BCUT2D eigenvalue weighted by Crippen LogP contribution is -2.11. The Kier molecular flexibility index (Phi) is 3.05. The van der Waals surface area contributed by atoms with E-state index in [0.717, 1.165) is 24.0 Å². The van der Waals surface area contributed by atoms with Crippen molar-refractivity contribution < 1.29 is 9.90 Å². The SMILES string of the molecule is CC1CCc2cc3c(cc2/C1=C/C(=O)O)sc1ccccc13. The van der Waals surface area contributed by atoms with Gasteiger partial charge in [-0.15, -0.1) is 11.3 Å². The second-order valence-electron chi connectivity index (χ2n) is 5.98. The summed E-state index contributed by atoms with van der Waals surface area (Å²) in [5.74, 6) is -0.554. The van der Waals surface area contributed by atoms with Crippen molar-refractivity contribution in [2.45, 2.75) is 19.8 Å². The number of fused-ring (bicyclic) bond motifs is 4. The molecule has 110 valence electrons. The predicted molar refractivity (Wildman–Crippen MR) is 92.4 cm³/mol. The van der Waals surface area contributed by atoms with Crippen LogP contribution >= 0.6 is 11.3 Å². The van der Waals surface area contributed by atoms with Crippen molar-refractivity contribution in [1.29, 1.82) is 0 Å². The lowest BCUT2D eigenvalue weighted by atomic mass is 9.80. The fourth-order valence-electron chi connectivity index (χ4n) is 3.44. The predicted octanol–water partition coefficient (Wildman–Crippen LogP) is 5.10. The second-order valence-corrected chi connectivity index (χ2v) is 7.07. The normalized spacial score (nSPS) is 19.7. The monoisotopic (exact) mass is 308 g/mol. The van der Waals surface area contributed by atoms with Crippen LogP contribution in [0.3, 0.4) is 0 Å². The van der Waals surface area contributed by atoms with Gasteiger partial charge < -0.3 is 5.11 Å². The van der Waals surface area contributed by atoms with Crippen LogP contribution in [-0.4, -0.2) is 11.1 Å². The Balaban J connectivity index is 2.02. The van der Waals surface area contributed by atoms with Gasteiger partial charge in [0.1, 0.15) is 0 Å². The van der Waals surface area contributed by atoms with Crippen LogP contribution in [0.5, 0.6) is 0 Å². The van der Waals surface area contributed by atoms with Crippen LogP contribution in [0.1, 0.15) is 24.5 Å². The summed E-state index contributed by atoms with van der Waals surface area (Å²) in [6.45, 7) is 2.12. The second kappa shape index (κ2) is 4.96. The highest BCUT2D eigenvalue weighted by molar-refractivity contribution is 7.25. The maximum Gasteiger partial charge on any atom is 0.328 e. The Morgan fingerprint density at radius 1 is 1.23 bits per heavy atom. The summed E-state index contributed by atoms with van der Waals surface area (Å²) < 4.78 is 2.53. The summed E-state index contributed by atoms with van der Waals surface area (Å²) in [7, 11) is 0. The molecule has 0 saturated heterocycles. The lowest BCUT2D eigenvalue weighted by Gasteiger charge is -2.25. The van der Waals surface area contributed by atoms with Crippen LogP contribution in [0.4, 0.5) is 0 Å². The van der Waals surface area contributed by atoms with Crippen LogP contribution in [0.2, 0.25) is 0 Å². The zero-order chi connectivity index (χ0) is 15.3. The van der Waals surface area contributed by atoms with Gasteiger partial charge in [-0.25, -0.2) is 4.79 Å². The molecule has 0 fully saturated rings. The highest BCUT2D eigenvalue weighted by atomic mass is 32.1. The number of benzene rings is 2. The largest absolute Gasteiger partial charge is 0.478 e. The van der Waals surface area contributed by atoms with Crippen molar-refractivity contribution in [1.82, 2.24) is 0 Å². The molecule has 2 nitrogen and oxygen atoms in total. The quantitative estimate of drug-likeness (QED) is 0.635. The van der Waals surface area contributed by atoms with E-state index in [1.54, 1.807) is 11.3 Å². The number of rotatable bonds is 1. The standard InChI is InChI=1S/C19H16O2S/c1-11-6-7-12-8-16-13-4-2-3-5-17(13)22-18(16)9-15(12)14(11)10-19(20)21/h2-5,8-11H,6-7H2,1H3,(H,20,21)/b14-10+. The van der Waals surface area contributed by atoms with Crippen LogP contribution in [0, 0.1) is 5.92 Å². The Morgan fingerprint density at radius 3 is 2.86 bits per heavy atom. The molecular formula is C19H16O2S. The molecule has 3 heteroatoms.